The van der Waals surface area contributed by atoms with Crippen molar-refractivity contribution in [3.63, 3.8) is 0 Å². The molecule has 0 amide bonds. The average Bonchev–Trinajstić information content (AvgIpc) is 3.92. The molecule has 0 N–H and O–H groups in total. The van der Waals surface area contributed by atoms with E-state index in [1.165, 1.54) is 0 Å². The van der Waals surface area contributed by atoms with E-state index in [0.717, 1.165) is 71.6 Å². The maximum Gasteiger partial charge on any atom is 0.0645 e. The average molecular weight is 770 g/mol. The molecule has 2 nitrogen and oxygen atoms in total. The molecule has 12 aromatic rings. The number of rotatable bonds is 6. The van der Waals surface area contributed by atoms with Crippen molar-refractivity contribution >= 4 is 54.4 Å². The monoisotopic (exact) mass is 769 g/mol. The third-order valence-electron chi connectivity index (χ3n) is 11.8. The van der Waals surface area contributed by atoms with Crippen molar-refractivity contribution < 1.29 is 9.60 Å². The van der Waals surface area contributed by atoms with Gasteiger partial charge in [-0.05, 0) is 110 Å². The highest BCUT2D eigenvalue weighted by atomic mass is 15.0. The summed E-state index contributed by atoms with van der Waals surface area (Å²) < 4.78 is 69.0. The lowest BCUT2D eigenvalue weighted by Crippen LogP contribution is -1.96. The predicted molar refractivity (Wildman–Crippen MR) is 254 cm³/mol. The molecular weight excluding hydrogens is 725 g/mol. The van der Waals surface area contributed by atoms with Gasteiger partial charge in [0.1, 0.15) is 0 Å². The summed E-state index contributed by atoms with van der Waals surface area (Å²) in [5, 5.41) is 4.51. The van der Waals surface area contributed by atoms with E-state index in [-0.39, 0.29) is 57.6 Å². The Hall–Kier alpha value is -7.94. The number of fused-ring (bicyclic) bond motifs is 7. The Morgan fingerprint density at radius 3 is 1.65 bits per heavy atom. The second-order valence-electron chi connectivity index (χ2n) is 15.2. The molecule has 0 unspecified atom stereocenters. The standard InChI is InChI=1S/C58H38N2/c1-3-12-39(13-4-1)42-24-30-48(31-25-42)59-55-21-10-9-18-51(55)53-37-45(28-34-56(53)59)46-29-35-57-54(38-46)52-20-11-19-50(47-23-22-41-16-7-8-17-44(41)36-47)58(52)60(57)49-32-26-43(27-33-49)40-14-5-2-6-15-40/h1-38H/i9D,10D,18D,21D,28D,34D,37D. The van der Waals surface area contributed by atoms with E-state index >= 15 is 0 Å². The van der Waals surface area contributed by atoms with Gasteiger partial charge in [0, 0.05) is 38.5 Å². The molecule has 10 aromatic carbocycles. The quantitative estimate of drug-likeness (QED) is 0.159. The van der Waals surface area contributed by atoms with Crippen LogP contribution in [0.15, 0.2) is 230 Å². The maximum absolute atomic E-state index is 9.95. The zero-order valence-electron chi connectivity index (χ0n) is 39.3. The third-order valence-corrected chi connectivity index (χ3v) is 11.8. The van der Waals surface area contributed by atoms with Gasteiger partial charge in [0.25, 0.3) is 0 Å². The molecule has 60 heavy (non-hydrogen) atoms. The van der Waals surface area contributed by atoms with Crippen LogP contribution < -0.4 is 0 Å². The van der Waals surface area contributed by atoms with Crippen LogP contribution >= 0.6 is 0 Å². The third kappa shape index (κ3) is 5.57. The number of hydrogen-bond donors (Lipinski definition) is 0. The van der Waals surface area contributed by atoms with Gasteiger partial charge in [-0.15, -0.1) is 0 Å². The van der Waals surface area contributed by atoms with E-state index in [9.17, 15) is 5.48 Å². The van der Waals surface area contributed by atoms with Gasteiger partial charge in [0.2, 0.25) is 0 Å². The van der Waals surface area contributed by atoms with Gasteiger partial charge in [0.15, 0.2) is 0 Å². The van der Waals surface area contributed by atoms with Crippen LogP contribution in [0.2, 0.25) is 0 Å². The molecule has 12 rings (SSSR count). The van der Waals surface area contributed by atoms with Crippen molar-refractivity contribution in [1.29, 1.82) is 0 Å². The lowest BCUT2D eigenvalue weighted by Gasteiger charge is -2.13. The largest absolute Gasteiger partial charge is 0.309 e. The van der Waals surface area contributed by atoms with Crippen LogP contribution in [0.1, 0.15) is 9.60 Å². The summed E-state index contributed by atoms with van der Waals surface area (Å²) in [6.07, 6.45) is 0. The second kappa shape index (κ2) is 13.9. The van der Waals surface area contributed by atoms with E-state index in [2.05, 4.69) is 95.6 Å². The number of benzene rings is 10. The van der Waals surface area contributed by atoms with Crippen molar-refractivity contribution in [2.75, 3.05) is 0 Å². The smallest absolute Gasteiger partial charge is 0.0645 e. The summed E-state index contributed by atoms with van der Waals surface area (Å²) in [6, 6.07) is 61.6. The molecule has 2 aromatic heterocycles. The van der Waals surface area contributed by atoms with E-state index < -0.39 is 12.1 Å². The molecule has 0 spiro atoms. The Balaban J connectivity index is 1.11. The van der Waals surface area contributed by atoms with Gasteiger partial charge in [-0.25, -0.2) is 0 Å². The first-order valence-corrected chi connectivity index (χ1v) is 20.1. The second-order valence-corrected chi connectivity index (χ2v) is 15.2. The Bertz CT molecular complexity index is 3970. The SMILES string of the molecule is [2H]c1c([2H])c([2H])c2c(c1[2H])c1c([2H])c(-c3ccc4c(c3)c3cccc(-c5ccc6ccccc6c5)c3n4-c3ccc(-c4ccccc4)cc3)c([2H])c([2H])c1n2-c1ccc(-c2ccccc2)cc1. The minimum absolute atomic E-state index is 0.0814. The number of para-hydroxylation sites is 2. The van der Waals surface area contributed by atoms with E-state index in [0.29, 0.717) is 11.3 Å². The van der Waals surface area contributed by atoms with Crippen molar-refractivity contribution in [3.05, 3.63) is 230 Å². The number of hydrogen-bond acceptors (Lipinski definition) is 0. The summed E-state index contributed by atoms with van der Waals surface area (Å²) in [6.45, 7) is 0. The summed E-state index contributed by atoms with van der Waals surface area (Å²) in [4.78, 5) is 0. The summed E-state index contributed by atoms with van der Waals surface area (Å²) in [7, 11) is 0. The van der Waals surface area contributed by atoms with E-state index in [1.54, 1.807) is 4.57 Å². The lowest BCUT2D eigenvalue weighted by atomic mass is 9.98. The summed E-state index contributed by atoms with van der Waals surface area (Å²) >= 11 is 0. The minimum atomic E-state index is -0.424. The van der Waals surface area contributed by atoms with Crippen LogP contribution in [0, 0.1) is 0 Å². The van der Waals surface area contributed by atoms with Crippen LogP contribution in [0.25, 0.3) is 110 Å². The van der Waals surface area contributed by atoms with E-state index in [4.69, 9.17) is 4.11 Å². The zero-order valence-corrected chi connectivity index (χ0v) is 32.3. The lowest BCUT2D eigenvalue weighted by molar-refractivity contribution is 1.18. The predicted octanol–water partition coefficient (Wildman–Crippen LogP) is 15.7. The Labute approximate surface area is 358 Å². The zero-order chi connectivity index (χ0) is 45.7. The van der Waals surface area contributed by atoms with Gasteiger partial charge in [-0.3, -0.25) is 0 Å². The van der Waals surface area contributed by atoms with Crippen molar-refractivity contribution in [2.45, 2.75) is 0 Å². The van der Waals surface area contributed by atoms with Crippen LogP contribution in [-0.4, -0.2) is 9.13 Å². The van der Waals surface area contributed by atoms with Crippen molar-refractivity contribution in [1.82, 2.24) is 9.13 Å². The molecule has 0 fully saturated rings. The topological polar surface area (TPSA) is 9.86 Å². The molecule has 0 aliphatic heterocycles. The van der Waals surface area contributed by atoms with Gasteiger partial charge in [-0.2, -0.15) is 0 Å². The highest BCUT2D eigenvalue weighted by Gasteiger charge is 2.19. The summed E-state index contributed by atoms with van der Waals surface area (Å²) in [5.41, 5.74) is 10.9. The molecule has 0 bridgehead atoms. The van der Waals surface area contributed by atoms with Gasteiger partial charge >= 0.3 is 0 Å². The Morgan fingerprint density at radius 1 is 0.317 bits per heavy atom. The van der Waals surface area contributed by atoms with Gasteiger partial charge < -0.3 is 9.13 Å². The molecule has 0 radical (unpaired) electrons. The molecule has 2 heterocycles. The Kier molecular flexibility index (Phi) is 6.39. The highest BCUT2D eigenvalue weighted by molar-refractivity contribution is 6.16. The molecule has 0 saturated heterocycles. The molecule has 2 heteroatoms. The van der Waals surface area contributed by atoms with Crippen LogP contribution in [-0.2, 0) is 0 Å². The normalized spacial score (nSPS) is 13.3. The van der Waals surface area contributed by atoms with Gasteiger partial charge in [-0.1, -0.05) is 170 Å². The fraction of sp³-hybridized carbons (Fsp3) is 0. The fourth-order valence-corrected chi connectivity index (χ4v) is 8.87. The van der Waals surface area contributed by atoms with Crippen molar-refractivity contribution in [3.8, 4) is 55.9 Å². The van der Waals surface area contributed by atoms with Crippen LogP contribution in [0.4, 0.5) is 0 Å². The molecule has 0 saturated carbocycles. The number of nitrogens with zero attached hydrogens (tertiary/aromatic N) is 2. The molecular formula is C58H38N2. The molecule has 0 aliphatic rings. The first kappa shape index (κ1) is 27.7. The fourth-order valence-electron chi connectivity index (χ4n) is 8.87. The van der Waals surface area contributed by atoms with Crippen molar-refractivity contribution in [2.24, 2.45) is 0 Å². The number of aromatic nitrogens is 2. The first-order valence-electron chi connectivity index (χ1n) is 23.6. The first-order chi connectivity index (χ1) is 32.7. The maximum atomic E-state index is 9.95. The molecule has 0 atom stereocenters. The summed E-state index contributed by atoms with van der Waals surface area (Å²) in [5.74, 6) is 0. The molecule has 280 valence electrons. The van der Waals surface area contributed by atoms with Crippen LogP contribution in [0.5, 0.6) is 0 Å². The highest BCUT2D eigenvalue weighted by Crippen LogP contribution is 2.42. The van der Waals surface area contributed by atoms with Crippen LogP contribution in [0.3, 0.4) is 0 Å². The minimum Gasteiger partial charge on any atom is -0.309 e. The Morgan fingerprint density at radius 2 is 0.917 bits per heavy atom. The van der Waals surface area contributed by atoms with Gasteiger partial charge in [0.05, 0.1) is 31.7 Å². The molecule has 0 aliphatic carbocycles. The van der Waals surface area contributed by atoms with E-state index in [1.807, 2.05) is 97.1 Å².